The number of ether oxygens (including phenoxy) is 1. The van der Waals surface area contributed by atoms with Gasteiger partial charge in [-0.1, -0.05) is 24.3 Å². The van der Waals surface area contributed by atoms with Gasteiger partial charge in [-0.3, -0.25) is 4.79 Å². The molecule has 0 aliphatic rings. The van der Waals surface area contributed by atoms with Crippen LogP contribution in [0.1, 0.15) is 30.7 Å². The molecule has 1 unspecified atom stereocenters. The van der Waals surface area contributed by atoms with Gasteiger partial charge >= 0.3 is 5.97 Å². The van der Waals surface area contributed by atoms with Crippen LogP contribution in [0.3, 0.4) is 0 Å². The first-order chi connectivity index (χ1) is 16.3. The Morgan fingerprint density at radius 1 is 1.06 bits per heavy atom. The molecule has 34 heavy (non-hydrogen) atoms. The van der Waals surface area contributed by atoms with E-state index in [-0.39, 0.29) is 11.3 Å². The van der Waals surface area contributed by atoms with Gasteiger partial charge in [-0.25, -0.2) is 17.8 Å². The number of carbonyl (C=O) groups is 1. The molecule has 0 amide bonds. The van der Waals surface area contributed by atoms with Gasteiger partial charge in [0.2, 0.25) is 0 Å². The van der Waals surface area contributed by atoms with Crippen LogP contribution in [0.2, 0.25) is 0 Å². The first kappa shape index (κ1) is 25.2. The number of halogens is 1. The van der Waals surface area contributed by atoms with E-state index in [1.54, 1.807) is 18.3 Å². The Hall–Kier alpha value is -3.46. The highest BCUT2D eigenvalue weighted by molar-refractivity contribution is 7.91. The van der Waals surface area contributed by atoms with E-state index in [1.807, 2.05) is 18.2 Å². The fourth-order valence-electron chi connectivity index (χ4n) is 3.44. The van der Waals surface area contributed by atoms with Crippen molar-refractivity contribution in [2.75, 3.05) is 24.2 Å². The number of carboxylic acid groups (broad SMARTS) is 1. The average molecular weight is 487 g/mol. The number of nitrogens with one attached hydrogen (secondary N) is 1. The number of carboxylic acids is 1. The fraction of sp³-hybridized carbons (Fsp3) is 0.280. The number of hydrogen-bond donors (Lipinski definition) is 2. The largest absolute Gasteiger partial charge is 0.494 e. The van der Waals surface area contributed by atoms with Gasteiger partial charge in [-0.2, -0.15) is 0 Å². The predicted molar refractivity (Wildman–Crippen MR) is 127 cm³/mol. The van der Waals surface area contributed by atoms with Gasteiger partial charge < -0.3 is 15.2 Å². The zero-order valence-electron chi connectivity index (χ0n) is 18.6. The summed E-state index contributed by atoms with van der Waals surface area (Å²) >= 11 is 0. The molecule has 0 saturated carbocycles. The standard InChI is InChI=1S/C25H27FN2O5S/c26-21-11-9-19(10-12-21)20(16-25(29)30)18-34(31,32)23-7-5-6-22(17-23)33-15-4-3-14-28-24-8-1-2-13-27-24/h1-2,5-13,17,20H,3-4,14-16,18H2,(H,27,28)(H,29,30). The van der Waals surface area contributed by atoms with E-state index < -0.39 is 33.3 Å². The number of aromatic nitrogens is 1. The number of hydrogen-bond acceptors (Lipinski definition) is 6. The lowest BCUT2D eigenvalue weighted by molar-refractivity contribution is -0.137. The number of aliphatic carboxylic acids is 1. The maximum absolute atomic E-state index is 13.3. The van der Waals surface area contributed by atoms with Crippen molar-refractivity contribution in [1.29, 1.82) is 0 Å². The summed E-state index contributed by atoms with van der Waals surface area (Å²) in [6.45, 7) is 1.16. The Labute approximate surface area is 198 Å². The monoisotopic (exact) mass is 486 g/mol. The number of unbranched alkanes of at least 4 members (excludes halogenated alkanes) is 1. The van der Waals surface area contributed by atoms with E-state index in [0.29, 0.717) is 17.9 Å². The Morgan fingerprint density at radius 3 is 2.56 bits per heavy atom. The minimum Gasteiger partial charge on any atom is -0.494 e. The Bertz CT molecular complexity index is 1170. The Balaban J connectivity index is 1.56. The molecule has 1 atom stereocenters. The average Bonchev–Trinajstić information content (AvgIpc) is 2.82. The van der Waals surface area contributed by atoms with Crippen molar-refractivity contribution in [3.8, 4) is 5.75 Å². The van der Waals surface area contributed by atoms with Gasteiger partial charge in [0, 0.05) is 18.7 Å². The quantitative estimate of drug-likeness (QED) is 0.342. The summed E-state index contributed by atoms with van der Waals surface area (Å²) < 4.78 is 45.0. The van der Waals surface area contributed by atoms with Crippen LogP contribution in [0.15, 0.2) is 77.8 Å². The van der Waals surface area contributed by atoms with Crippen LogP contribution >= 0.6 is 0 Å². The number of nitrogens with zero attached hydrogens (tertiary/aromatic N) is 1. The van der Waals surface area contributed by atoms with Crippen molar-refractivity contribution < 1.29 is 27.4 Å². The molecule has 2 aromatic carbocycles. The molecule has 0 radical (unpaired) electrons. The molecule has 2 N–H and O–H groups in total. The van der Waals surface area contributed by atoms with Crippen LogP contribution in [0.4, 0.5) is 10.2 Å². The third-order valence-electron chi connectivity index (χ3n) is 5.16. The molecule has 0 bridgehead atoms. The van der Waals surface area contributed by atoms with Crippen LogP contribution in [-0.2, 0) is 14.6 Å². The molecular formula is C25H27FN2O5S. The summed E-state index contributed by atoms with van der Waals surface area (Å²) in [5.74, 6) is -1.58. The minimum absolute atomic E-state index is 0.0549. The molecule has 3 rings (SSSR count). The van der Waals surface area contributed by atoms with E-state index >= 15 is 0 Å². The molecule has 9 heteroatoms. The first-order valence-electron chi connectivity index (χ1n) is 10.9. The lowest BCUT2D eigenvalue weighted by atomic mass is 9.98. The molecule has 0 aliphatic heterocycles. The molecule has 0 spiro atoms. The normalized spacial score (nSPS) is 12.1. The number of anilines is 1. The number of sulfone groups is 1. The lowest BCUT2D eigenvalue weighted by Crippen LogP contribution is -2.18. The maximum atomic E-state index is 13.3. The van der Waals surface area contributed by atoms with Gasteiger partial charge in [0.25, 0.3) is 0 Å². The zero-order chi connectivity index (χ0) is 24.4. The van der Waals surface area contributed by atoms with Crippen LogP contribution in [0.25, 0.3) is 0 Å². The van der Waals surface area contributed by atoms with Crippen molar-refractivity contribution >= 4 is 21.6 Å². The molecule has 0 fully saturated rings. The highest BCUT2D eigenvalue weighted by Gasteiger charge is 2.25. The second kappa shape index (κ2) is 12.1. The molecule has 7 nitrogen and oxygen atoms in total. The Kier molecular flexibility index (Phi) is 8.98. The number of benzene rings is 2. The van der Waals surface area contributed by atoms with Gasteiger partial charge in [0.05, 0.1) is 23.7 Å². The zero-order valence-corrected chi connectivity index (χ0v) is 19.4. The first-order valence-corrected chi connectivity index (χ1v) is 12.6. The predicted octanol–water partition coefficient (Wildman–Crippen LogP) is 4.52. The van der Waals surface area contributed by atoms with Crippen LogP contribution in [-0.4, -0.2) is 43.4 Å². The molecule has 3 aromatic rings. The van der Waals surface area contributed by atoms with E-state index in [2.05, 4.69) is 10.3 Å². The summed E-state index contributed by atoms with van der Waals surface area (Å²) in [5.41, 5.74) is 0.457. The molecule has 0 aliphatic carbocycles. The van der Waals surface area contributed by atoms with Crippen molar-refractivity contribution in [3.05, 3.63) is 84.3 Å². The topological polar surface area (TPSA) is 106 Å². The molecular weight excluding hydrogens is 459 g/mol. The fourth-order valence-corrected chi connectivity index (χ4v) is 5.05. The van der Waals surface area contributed by atoms with Crippen LogP contribution in [0.5, 0.6) is 5.75 Å². The molecule has 180 valence electrons. The summed E-state index contributed by atoms with van der Waals surface area (Å²) in [5, 5.41) is 12.4. The van der Waals surface area contributed by atoms with Gasteiger partial charge in [0.15, 0.2) is 9.84 Å². The lowest BCUT2D eigenvalue weighted by Gasteiger charge is -2.16. The molecule has 0 saturated heterocycles. The number of pyridine rings is 1. The van der Waals surface area contributed by atoms with Crippen molar-refractivity contribution in [3.63, 3.8) is 0 Å². The van der Waals surface area contributed by atoms with E-state index in [1.165, 1.54) is 36.4 Å². The van der Waals surface area contributed by atoms with E-state index in [9.17, 15) is 22.7 Å². The minimum atomic E-state index is -3.81. The van der Waals surface area contributed by atoms with Crippen LogP contribution in [0, 0.1) is 5.82 Å². The van der Waals surface area contributed by atoms with Gasteiger partial charge in [-0.05, 0) is 60.9 Å². The van der Waals surface area contributed by atoms with Crippen LogP contribution < -0.4 is 10.1 Å². The summed E-state index contributed by atoms with van der Waals surface area (Å²) in [4.78, 5) is 15.5. The van der Waals surface area contributed by atoms with Gasteiger partial charge in [0.1, 0.15) is 17.4 Å². The third kappa shape index (κ3) is 7.84. The van der Waals surface area contributed by atoms with Crippen molar-refractivity contribution in [1.82, 2.24) is 4.98 Å². The highest BCUT2D eigenvalue weighted by Crippen LogP contribution is 2.27. The second-order valence-corrected chi connectivity index (χ2v) is 9.83. The van der Waals surface area contributed by atoms with Gasteiger partial charge in [-0.15, -0.1) is 0 Å². The summed E-state index contributed by atoms with van der Waals surface area (Å²) in [6, 6.07) is 17.0. The second-order valence-electron chi connectivity index (χ2n) is 7.80. The van der Waals surface area contributed by atoms with E-state index in [4.69, 9.17) is 4.74 Å². The molecule has 1 aromatic heterocycles. The summed E-state index contributed by atoms with van der Waals surface area (Å²) in [7, 11) is -3.81. The SMILES string of the molecule is O=C(O)CC(CS(=O)(=O)c1cccc(OCCCCNc2ccccn2)c1)c1ccc(F)cc1. The smallest absolute Gasteiger partial charge is 0.303 e. The third-order valence-corrected chi connectivity index (χ3v) is 6.97. The maximum Gasteiger partial charge on any atom is 0.303 e. The van der Waals surface area contributed by atoms with E-state index in [0.717, 1.165) is 25.2 Å². The number of rotatable bonds is 13. The summed E-state index contributed by atoms with van der Waals surface area (Å²) in [6.07, 6.45) is 2.95. The van der Waals surface area contributed by atoms with Crippen molar-refractivity contribution in [2.24, 2.45) is 0 Å². The van der Waals surface area contributed by atoms with Crippen molar-refractivity contribution in [2.45, 2.75) is 30.1 Å². The molecule has 1 heterocycles. The Morgan fingerprint density at radius 2 is 1.85 bits per heavy atom. The highest BCUT2D eigenvalue weighted by atomic mass is 32.2.